The van der Waals surface area contributed by atoms with Gasteiger partial charge < -0.3 is 9.90 Å². The maximum Gasteiger partial charge on any atom is 0.153 e. The first kappa shape index (κ1) is 8.39. The Kier molecular flexibility index (Phi) is 2.19. The molecule has 0 aliphatic heterocycles. The van der Waals surface area contributed by atoms with E-state index in [9.17, 15) is 19.1 Å². The van der Waals surface area contributed by atoms with Crippen molar-refractivity contribution in [2.75, 3.05) is 0 Å². The molecule has 0 atom stereocenters. The van der Waals surface area contributed by atoms with Crippen molar-refractivity contribution in [3.63, 3.8) is 0 Å². The van der Waals surface area contributed by atoms with Crippen molar-refractivity contribution in [2.24, 2.45) is 0 Å². The lowest BCUT2D eigenvalue weighted by Gasteiger charge is -2.02. The standard InChI is InChI=1S/C8H5FO3/c9-7-2-1-5(8(11)12)3-6(7)4-10/h1-4H,(H,11,12)/p-1. The third-order valence-corrected chi connectivity index (χ3v) is 1.36. The number of carboxylic acids is 1. The number of benzene rings is 1. The van der Waals surface area contributed by atoms with Gasteiger partial charge in [-0.05, 0) is 17.7 Å². The van der Waals surface area contributed by atoms with Crippen LogP contribution in [0.25, 0.3) is 0 Å². The van der Waals surface area contributed by atoms with E-state index in [0.717, 1.165) is 18.2 Å². The molecule has 1 aromatic carbocycles. The topological polar surface area (TPSA) is 57.2 Å². The highest BCUT2D eigenvalue weighted by atomic mass is 19.1. The molecule has 0 aromatic heterocycles. The van der Waals surface area contributed by atoms with Crippen LogP contribution in [0.5, 0.6) is 0 Å². The molecule has 4 heteroatoms. The average molecular weight is 167 g/mol. The molecule has 0 fully saturated rings. The smallest absolute Gasteiger partial charge is 0.153 e. The summed E-state index contributed by atoms with van der Waals surface area (Å²) in [4.78, 5) is 20.4. The Morgan fingerprint density at radius 3 is 2.67 bits per heavy atom. The van der Waals surface area contributed by atoms with Gasteiger partial charge in [0.2, 0.25) is 0 Å². The number of carboxylic acid groups (broad SMARTS) is 1. The molecule has 1 aromatic rings. The van der Waals surface area contributed by atoms with E-state index in [1.165, 1.54) is 0 Å². The van der Waals surface area contributed by atoms with Crippen molar-refractivity contribution in [1.29, 1.82) is 0 Å². The summed E-state index contributed by atoms with van der Waals surface area (Å²) < 4.78 is 12.6. The van der Waals surface area contributed by atoms with Crippen molar-refractivity contribution in [3.8, 4) is 0 Å². The molecule has 3 nitrogen and oxygen atoms in total. The highest BCUT2D eigenvalue weighted by Gasteiger charge is 2.01. The predicted molar refractivity (Wildman–Crippen MR) is 36.1 cm³/mol. The van der Waals surface area contributed by atoms with Gasteiger partial charge in [-0.1, -0.05) is 6.07 Å². The first-order chi connectivity index (χ1) is 5.65. The summed E-state index contributed by atoms with van der Waals surface area (Å²) in [5.74, 6) is -2.17. The van der Waals surface area contributed by atoms with Gasteiger partial charge in [0.15, 0.2) is 6.29 Å². The van der Waals surface area contributed by atoms with Gasteiger partial charge in [0.25, 0.3) is 0 Å². The summed E-state index contributed by atoms with van der Waals surface area (Å²) >= 11 is 0. The zero-order chi connectivity index (χ0) is 9.14. The van der Waals surface area contributed by atoms with E-state index in [1.54, 1.807) is 0 Å². The normalized spacial score (nSPS) is 9.42. The van der Waals surface area contributed by atoms with Crippen LogP contribution in [0.2, 0.25) is 0 Å². The number of hydrogen-bond acceptors (Lipinski definition) is 3. The minimum atomic E-state index is -1.43. The van der Waals surface area contributed by atoms with Crippen LogP contribution in [0, 0.1) is 5.82 Å². The van der Waals surface area contributed by atoms with E-state index < -0.39 is 11.8 Å². The predicted octanol–water partition coefficient (Wildman–Crippen LogP) is 0.00170. The number of carbonyl (C=O) groups excluding carboxylic acids is 2. The summed E-state index contributed by atoms with van der Waals surface area (Å²) in [7, 11) is 0. The number of aromatic carboxylic acids is 1. The molecule has 0 aliphatic rings. The number of aldehydes is 1. The second-order valence-electron chi connectivity index (χ2n) is 2.14. The van der Waals surface area contributed by atoms with Crippen LogP contribution in [0.1, 0.15) is 20.7 Å². The zero-order valence-corrected chi connectivity index (χ0v) is 5.91. The average Bonchev–Trinajstić information content (AvgIpc) is 2.05. The maximum atomic E-state index is 12.6. The van der Waals surface area contributed by atoms with Crippen molar-refractivity contribution < 1.29 is 19.1 Å². The zero-order valence-electron chi connectivity index (χ0n) is 5.91. The van der Waals surface area contributed by atoms with Gasteiger partial charge in [-0.15, -0.1) is 0 Å². The van der Waals surface area contributed by atoms with Gasteiger partial charge in [0, 0.05) is 0 Å². The molecule has 0 aliphatic carbocycles. The summed E-state index contributed by atoms with van der Waals surface area (Å²) in [6.45, 7) is 0. The fourth-order valence-electron chi connectivity index (χ4n) is 0.761. The Labute approximate surface area is 67.4 Å². The highest BCUT2D eigenvalue weighted by Crippen LogP contribution is 2.07. The summed E-state index contributed by atoms with van der Waals surface area (Å²) in [6.07, 6.45) is 0.252. The van der Waals surface area contributed by atoms with Crippen molar-refractivity contribution in [3.05, 3.63) is 35.1 Å². The van der Waals surface area contributed by atoms with Crippen LogP contribution < -0.4 is 5.11 Å². The molecule has 0 amide bonds. The second-order valence-corrected chi connectivity index (χ2v) is 2.14. The lowest BCUT2D eigenvalue weighted by Crippen LogP contribution is -2.22. The van der Waals surface area contributed by atoms with Crippen molar-refractivity contribution >= 4 is 12.3 Å². The highest BCUT2D eigenvalue weighted by molar-refractivity contribution is 5.88. The molecule has 12 heavy (non-hydrogen) atoms. The summed E-state index contributed by atoms with van der Waals surface area (Å²) in [5, 5.41) is 10.2. The van der Waals surface area contributed by atoms with E-state index in [2.05, 4.69) is 0 Å². The first-order valence-electron chi connectivity index (χ1n) is 3.11. The molecule has 1 rings (SSSR count). The van der Waals surface area contributed by atoms with Crippen LogP contribution in [-0.2, 0) is 0 Å². The first-order valence-corrected chi connectivity index (χ1v) is 3.11. The molecule has 0 unspecified atom stereocenters. The van der Waals surface area contributed by atoms with E-state index >= 15 is 0 Å². The fraction of sp³-hybridized carbons (Fsp3) is 0. The molecule has 0 saturated carbocycles. The van der Waals surface area contributed by atoms with Crippen LogP contribution in [-0.4, -0.2) is 12.3 Å². The fourth-order valence-corrected chi connectivity index (χ4v) is 0.761. The van der Waals surface area contributed by atoms with Gasteiger partial charge in [-0.2, -0.15) is 0 Å². The van der Waals surface area contributed by atoms with Crippen LogP contribution >= 0.6 is 0 Å². The molecule has 0 bridgehead atoms. The molecule has 0 radical (unpaired) electrons. The Hall–Kier alpha value is -1.71. The lowest BCUT2D eigenvalue weighted by atomic mass is 10.1. The van der Waals surface area contributed by atoms with E-state index in [-0.39, 0.29) is 17.4 Å². The van der Waals surface area contributed by atoms with Crippen molar-refractivity contribution in [1.82, 2.24) is 0 Å². The van der Waals surface area contributed by atoms with Gasteiger partial charge in [0.05, 0.1) is 11.5 Å². The molecular formula is C8H4FO3-. The van der Waals surface area contributed by atoms with Gasteiger partial charge in [0.1, 0.15) is 5.82 Å². The molecule has 0 saturated heterocycles. The monoisotopic (exact) mass is 167 g/mol. The van der Waals surface area contributed by atoms with Gasteiger partial charge >= 0.3 is 0 Å². The van der Waals surface area contributed by atoms with E-state index in [0.29, 0.717) is 0 Å². The second kappa shape index (κ2) is 3.13. The molecular weight excluding hydrogens is 163 g/mol. The quantitative estimate of drug-likeness (QED) is 0.582. The Morgan fingerprint density at radius 2 is 2.17 bits per heavy atom. The third-order valence-electron chi connectivity index (χ3n) is 1.36. The summed E-state index contributed by atoms with van der Waals surface area (Å²) in [6, 6.07) is 2.88. The SMILES string of the molecule is O=Cc1cc(C(=O)[O-])ccc1F. The summed E-state index contributed by atoms with van der Waals surface area (Å²) in [5.41, 5.74) is -0.491. The van der Waals surface area contributed by atoms with Gasteiger partial charge in [-0.25, -0.2) is 4.39 Å². The largest absolute Gasteiger partial charge is 0.545 e. The molecule has 0 N–H and O–H groups in total. The third kappa shape index (κ3) is 1.47. The number of rotatable bonds is 2. The molecule has 0 heterocycles. The Bertz CT molecular complexity index is 333. The Morgan fingerprint density at radius 1 is 1.50 bits per heavy atom. The number of halogens is 1. The van der Waals surface area contributed by atoms with E-state index in [1.807, 2.05) is 0 Å². The molecule has 0 spiro atoms. The molecule has 62 valence electrons. The van der Waals surface area contributed by atoms with Gasteiger partial charge in [-0.3, -0.25) is 4.79 Å². The van der Waals surface area contributed by atoms with Crippen molar-refractivity contribution in [2.45, 2.75) is 0 Å². The van der Waals surface area contributed by atoms with Crippen LogP contribution in [0.4, 0.5) is 4.39 Å². The minimum absolute atomic E-state index is 0.210. The lowest BCUT2D eigenvalue weighted by molar-refractivity contribution is -0.255. The number of carbonyl (C=O) groups is 2. The minimum Gasteiger partial charge on any atom is -0.545 e. The number of hydrogen-bond donors (Lipinski definition) is 0. The van der Waals surface area contributed by atoms with E-state index in [4.69, 9.17) is 0 Å². The maximum absolute atomic E-state index is 12.6. The van der Waals surface area contributed by atoms with Crippen LogP contribution in [0.3, 0.4) is 0 Å². The van der Waals surface area contributed by atoms with Crippen LogP contribution in [0.15, 0.2) is 18.2 Å². The Balaban J connectivity index is 3.22.